The molecule has 2 heterocycles. The monoisotopic (exact) mass is 248 g/mol. The van der Waals surface area contributed by atoms with Crippen LogP contribution in [-0.4, -0.2) is 48.5 Å². The first-order valence-electron chi connectivity index (χ1n) is 6.38. The molecular formula is C13H20N4O. The van der Waals surface area contributed by atoms with Gasteiger partial charge in [0.05, 0.1) is 11.3 Å². The number of aromatic nitrogens is 1. The molecule has 1 unspecified atom stereocenters. The summed E-state index contributed by atoms with van der Waals surface area (Å²) in [6, 6.07) is 2.08. The molecule has 1 aromatic rings. The Labute approximate surface area is 108 Å². The van der Waals surface area contributed by atoms with Crippen LogP contribution in [0.4, 0.5) is 5.69 Å². The highest BCUT2D eigenvalue weighted by Gasteiger charge is 2.22. The van der Waals surface area contributed by atoms with E-state index in [2.05, 4.69) is 27.6 Å². The molecule has 18 heavy (non-hydrogen) atoms. The molecule has 1 aliphatic rings. The van der Waals surface area contributed by atoms with Crippen molar-refractivity contribution in [3.63, 3.8) is 0 Å². The van der Waals surface area contributed by atoms with Crippen molar-refractivity contribution in [3.05, 3.63) is 24.0 Å². The first-order chi connectivity index (χ1) is 8.70. The first-order valence-corrected chi connectivity index (χ1v) is 6.38. The molecule has 0 bridgehead atoms. The molecule has 1 atom stereocenters. The zero-order valence-electron chi connectivity index (χ0n) is 10.9. The Hall–Kier alpha value is -1.62. The van der Waals surface area contributed by atoms with Gasteiger partial charge in [0.25, 0.3) is 5.91 Å². The second kappa shape index (κ2) is 5.82. The Kier molecular flexibility index (Phi) is 4.15. The molecular weight excluding hydrogens is 228 g/mol. The summed E-state index contributed by atoms with van der Waals surface area (Å²) in [5.74, 6) is -0.0423. The van der Waals surface area contributed by atoms with Crippen molar-refractivity contribution < 1.29 is 4.79 Å². The third-order valence-electron chi connectivity index (χ3n) is 3.16. The zero-order chi connectivity index (χ0) is 13.0. The molecule has 1 amide bonds. The summed E-state index contributed by atoms with van der Waals surface area (Å²) in [5.41, 5.74) is 1.46. The summed E-state index contributed by atoms with van der Waals surface area (Å²) in [6.07, 6.45) is 4.32. The Morgan fingerprint density at radius 3 is 3.11 bits per heavy atom. The van der Waals surface area contributed by atoms with Crippen LogP contribution in [0.5, 0.6) is 0 Å². The summed E-state index contributed by atoms with van der Waals surface area (Å²) in [7, 11) is 2.07. The standard InChI is InChI=1S/C13H20N4O/c1-3-15-12-4-6-14-8-11(12)13(18)16-10-5-7-17(2)9-10/h4,6,8,10H,3,5,7,9H2,1-2H3,(H,14,15)(H,16,18). The van der Waals surface area contributed by atoms with Crippen LogP contribution in [0.25, 0.3) is 0 Å². The number of carbonyl (C=O) groups is 1. The molecule has 1 fully saturated rings. The van der Waals surface area contributed by atoms with Crippen molar-refractivity contribution in [3.8, 4) is 0 Å². The van der Waals surface area contributed by atoms with E-state index in [9.17, 15) is 4.79 Å². The van der Waals surface area contributed by atoms with Crippen molar-refractivity contribution in [2.24, 2.45) is 0 Å². The van der Waals surface area contributed by atoms with Gasteiger partial charge >= 0.3 is 0 Å². The number of likely N-dealkylation sites (N-methyl/N-ethyl adjacent to an activating group) is 1. The van der Waals surface area contributed by atoms with Gasteiger partial charge in [-0.25, -0.2) is 0 Å². The lowest BCUT2D eigenvalue weighted by Crippen LogP contribution is -2.36. The zero-order valence-corrected chi connectivity index (χ0v) is 10.9. The number of hydrogen-bond donors (Lipinski definition) is 2. The largest absolute Gasteiger partial charge is 0.385 e. The smallest absolute Gasteiger partial charge is 0.255 e. The van der Waals surface area contributed by atoms with E-state index in [0.29, 0.717) is 5.56 Å². The van der Waals surface area contributed by atoms with Crippen LogP contribution in [0.3, 0.4) is 0 Å². The summed E-state index contributed by atoms with van der Waals surface area (Å²) < 4.78 is 0. The number of rotatable bonds is 4. The quantitative estimate of drug-likeness (QED) is 0.833. The first kappa shape index (κ1) is 12.8. The summed E-state index contributed by atoms with van der Waals surface area (Å²) in [6.45, 7) is 4.76. The van der Waals surface area contributed by atoms with Crippen molar-refractivity contribution in [2.75, 3.05) is 32.0 Å². The minimum absolute atomic E-state index is 0.0423. The predicted molar refractivity (Wildman–Crippen MR) is 71.8 cm³/mol. The Bertz CT molecular complexity index is 421. The fraction of sp³-hybridized carbons (Fsp3) is 0.538. The van der Waals surface area contributed by atoms with Crippen LogP contribution in [-0.2, 0) is 0 Å². The van der Waals surface area contributed by atoms with Crippen molar-refractivity contribution >= 4 is 11.6 Å². The van der Waals surface area contributed by atoms with Gasteiger partial charge in [-0.2, -0.15) is 0 Å². The topological polar surface area (TPSA) is 57.3 Å². The fourth-order valence-corrected chi connectivity index (χ4v) is 2.24. The van der Waals surface area contributed by atoms with Gasteiger partial charge in [0.15, 0.2) is 0 Å². The van der Waals surface area contributed by atoms with Gasteiger partial charge < -0.3 is 15.5 Å². The summed E-state index contributed by atoms with van der Waals surface area (Å²) in [4.78, 5) is 18.4. The molecule has 1 aromatic heterocycles. The van der Waals surface area contributed by atoms with Crippen molar-refractivity contribution in [1.82, 2.24) is 15.2 Å². The highest BCUT2D eigenvalue weighted by molar-refractivity contribution is 5.99. The lowest BCUT2D eigenvalue weighted by molar-refractivity contribution is 0.0939. The number of hydrogen-bond acceptors (Lipinski definition) is 4. The average molecular weight is 248 g/mol. The summed E-state index contributed by atoms with van der Waals surface area (Å²) in [5, 5.41) is 6.24. The van der Waals surface area contributed by atoms with Gasteiger partial charge in [-0.3, -0.25) is 9.78 Å². The molecule has 1 saturated heterocycles. The Balaban J connectivity index is 2.04. The number of anilines is 1. The van der Waals surface area contributed by atoms with E-state index >= 15 is 0 Å². The molecule has 2 N–H and O–H groups in total. The maximum atomic E-state index is 12.2. The van der Waals surface area contributed by atoms with Crippen LogP contribution in [0.15, 0.2) is 18.5 Å². The summed E-state index contributed by atoms with van der Waals surface area (Å²) >= 11 is 0. The second-order valence-corrected chi connectivity index (χ2v) is 4.67. The average Bonchev–Trinajstić information content (AvgIpc) is 2.76. The van der Waals surface area contributed by atoms with E-state index in [1.165, 1.54) is 0 Å². The molecule has 5 heteroatoms. The van der Waals surface area contributed by atoms with Crippen LogP contribution in [0.1, 0.15) is 23.7 Å². The van der Waals surface area contributed by atoms with Crippen molar-refractivity contribution in [2.45, 2.75) is 19.4 Å². The van der Waals surface area contributed by atoms with Gasteiger partial charge in [0.1, 0.15) is 0 Å². The fourth-order valence-electron chi connectivity index (χ4n) is 2.24. The minimum Gasteiger partial charge on any atom is -0.385 e. The Morgan fingerprint density at radius 2 is 2.44 bits per heavy atom. The number of pyridine rings is 1. The van der Waals surface area contributed by atoms with E-state index in [4.69, 9.17) is 0 Å². The van der Waals surface area contributed by atoms with Crippen molar-refractivity contribution in [1.29, 1.82) is 0 Å². The third kappa shape index (κ3) is 2.98. The molecule has 0 aliphatic carbocycles. The van der Waals surface area contributed by atoms with E-state index < -0.39 is 0 Å². The normalized spacial score (nSPS) is 19.8. The van der Waals surface area contributed by atoms with E-state index in [0.717, 1.165) is 31.7 Å². The maximum absolute atomic E-state index is 12.2. The molecule has 1 aliphatic heterocycles. The van der Waals surface area contributed by atoms with Gasteiger partial charge in [0.2, 0.25) is 0 Å². The highest BCUT2D eigenvalue weighted by atomic mass is 16.1. The molecule has 5 nitrogen and oxygen atoms in total. The number of amides is 1. The highest BCUT2D eigenvalue weighted by Crippen LogP contribution is 2.14. The number of nitrogens with one attached hydrogen (secondary N) is 2. The molecule has 0 radical (unpaired) electrons. The number of carbonyl (C=O) groups excluding carboxylic acids is 1. The molecule has 0 saturated carbocycles. The van der Waals surface area contributed by atoms with Crippen LogP contribution in [0, 0.1) is 0 Å². The molecule has 0 aromatic carbocycles. The molecule has 98 valence electrons. The van der Waals surface area contributed by atoms with Gasteiger partial charge in [0, 0.05) is 31.5 Å². The SMILES string of the molecule is CCNc1ccncc1C(=O)NC1CCN(C)C1. The predicted octanol–water partition coefficient (Wildman–Crippen LogP) is 0.947. The number of likely N-dealkylation sites (tertiary alicyclic amines) is 1. The van der Waals surface area contributed by atoms with Gasteiger partial charge in [-0.05, 0) is 33.0 Å². The lowest BCUT2D eigenvalue weighted by atomic mass is 10.2. The second-order valence-electron chi connectivity index (χ2n) is 4.67. The van der Waals surface area contributed by atoms with E-state index in [1.807, 2.05) is 13.0 Å². The van der Waals surface area contributed by atoms with E-state index in [-0.39, 0.29) is 11.9 Å². The van der Waals surface area contributed by atoms with Crippen LogP contribution < -0.4 is 10.6 Å². The molecule has 0 spiro atoms. The Morgan fingerprint density at radius 1 is 1.61 bits per heavy atom. The number of nitrogens with zero attached hydrogens (tertiary/aromatic N) is 2. The van der Waals surface area contributed by atoms with Crippen LogP contribution >= 0.6 is 0 Å². The van der Waals surface area contributed by atoms with E-state index in [1.54, 1.807) is 12.4 Å². The molecule has 2 rings (SSSR count). The lowest BCUT2D eigenvalue weighted by Gasteiger charge is -2.15. The third-order valence-corrected chi connectivity index (χ3v) is 3.16. The maximum Gasteiger partial charge on any atom is 0.255 e. The van der Waals surface area contributed by atoms with Gasteiger partial charge in [-0.15, -0.1) is 0 Å². The van der Waals surface area contributed by atoms with Crippen LogP contribution in [0.2, 0.25) is 0 Å². The minimum atomic E-state index is -0.0423. The van der Waals surface area contributed by atoms with Gasteiger partial charge in [-0.1, -0.05) is 0 Å².